The summed E-state index contributed by atoms with van der Waals surface area (Å²) in [5.74, 6) is -1.54. The van der Waals surface area contributed by atoms with Gasteiger partial charge in [0.2, 0.25) is 5.91 Å². The highest BCUT2D eigenvalue weighted by molar-refractivity contribution is 7.09. The van der Waals surface area contributed by atoms with Crippen molar-refractivity contribution >= 4 is 29.3 Å². The summed E-state index contributed by atoms with van der Waals surface area (Å²) in [4.78, 5) is 43.0. The molecule has 0 fully saturated rings. The Bertz CT molecular complexity index is 1140. The van der Waals surface area contributed by atoms with Crippen LogP contribution in [0.4, 0.5) is 4.79 Å². The molecule has 0 aliphatic heterocycles. The number of alkyl carbamates (subject to hydrolysis) is 1. The monoisotopic (exact) mass is 479 g/mol. The first-order valence-electron chi connectivity index (χ1n) is 10.9. The lowest BCUT2D eigenvalue weighted by Gasteiger charge is -2.24. The van der Waals surface area contributed by atoms with Gasteiger partial charge in [-0.2, -0.15) is 0 Å². The van der Waals surface area contributed by atoms with E-state index in [4.69, 9.17) is 9.84 Å². The van der Waals surface area contributed by atoms with Crippen LogP contribution in [0, 0.1) is 0 Å². The van der Waals surface area contributed by atoms with Crippen LogP contribution < -0.4 is 5.32 Å². The Labute approximate surface area is 201 Å². The second-order valence-electron chi connectivity index (χ2n) is 8.12. The van der Waals surface area contributed by atoms with Crippen molar-refractivity contribution in [3.05, 3.63) is 76.2 Å². The van der Waals surface area contributed by atoms with Crippen molar-refractivity contribution in [1.82, 2.24) is 15.2 Å². The van der Waals surface area contributed by atoms with Gasteiger partial charge in [-0.3, -0.25) is 14.6 Å². The predicted octanol–water partition coefficient (Wildman–Crippen LogP) is 3.87. The maximum absolute atomic E-state index is 13.0. The van der Waals surface area contributed by atoms with Crippen molar-refractivity contribution in [3.63, 3.8) is 0 Å². The van der Waals surface area contributed by atoms with Gasteiger partial charge >= 0.3 is 12.1 Å². The number of hydrogen-bond acceptors (Lipinski definition) is 6. The zero-order valence-corrected chi connectivity index (χ0v) is 19.5. The summed E-state index contributed by atoms with van der Waals surface area (Å²) in [5.41, 5.74) is 6.07. The summed E-state index contributed by atoms with van der Waals surface area (Å²) in [5, 5.41) is 11.7. The number of carboxylic acid groups (broad SMARTS) is 1. The molecule has 2 amide bonds. The van der Waals surface area contributed by atoms with Crippen molar-refractivity contribution in [2.24, 2.45) is 0 Å². The Balaban J connectivity index is 1.41. The minimum absolute atomic E-state index is 0.0363. The van der Waals surface area contributed by atoms with Crippen LogP contribution in [0.2, 0.25) is 0 Å². The van der Waals surface area contributed by atoms with Crippen LogP contribution in [0.1, 0.15) is 34.8 Å². The van der Waals surface area contributed by atoms with E-state index in [-0.39, 0.29) is 31.3 Å². The number of nitrogens with one attached hydrogen (secondary N) is 1. The molecule has 1 aliphatic carbocycles. The van der Waals surface area contributed by atoms with Gasteiger partial charge in [-0.1, -0.05) is 48.5 Å². The molecule has 0 radical (unpaired) electrons. The van der Waals surface area contributed by atoms with E-state index in [2.05, 4.69) is 10.3 Å². The number of carbonyl (C=O) groups is 3. The summed E-state index contributed by atoms with van der Waals surface area (Å²) in [6.45, 7) is 0.426. The standard InChI is InChI=1S/C25H25N3O5S/c1-28(13-16-12-26-15-34-16)24(31)22(10-11-23(29)30)27-25(32)33-14-21-19-8-4-2-6-17(19)18-7-3-5-9-20(18)21/h2-9,12,15,21-22H,10-11,13-14H2,1H3,(H,27,32)(H,29,30). The van der Waals surface area contributed by atoms with Crippen LogP contribution in [-0.4, -0.2) is 52.7 Å². The van der Waals surface area contributed by atoms with Crippen molar-refractivity contribution in [1.29, 1.82) is 0 Å². The molecule has 1 atom stereocenters. The number of thiazole rings is 1. The van der Waals surface area contributed by atoms with Crippen molar-refractivity contribution in [2.45, 2.75) is 31.3 Å². The average Bonchev–Trinajstić information content (AvgIpc) is 3.46. The molecule has 0 bridgehead atoms. The topological polar surface area (TPSA) is 109 Å². The van der Waals surface area contributed by atoms with Crippen LogP contribution >= 0.6 is 11.3 Å². The van der Waals surface area contributed by atoms with Crippen molar-refractivity contribution in [3.8, 4) is 11.1 Å². The Kier molecular flexibility index (Phi) is 7.22. The predicted molar refractivity (Wildman–Crippen MR) is 127 cm³/mol. The molecule has 0 saturated heterocycles. The summed E-state index contributed by atoms with van der Waals surface area (Å²) in [6.07, 6.45) is 0.622. The Morgan fingerprint density at radius 2 is 1.76 bits per heavy atom. The summed E-state index contributed by atoms with van der Waals surface area (Å²) in [7, 11) is 1.61. The molecular weight excluding hydrogens is 454 g/mol. The maximum atomic E-state index is 13.0. The summed E-state index contributed by atoms with van der Waals surface area (Å²) < 4.78 is 5.54. The first-order chi connectivity index (χ1) is 16.4. The third-order valence-electron chi connectivity index (χ3n) is 5.83. The number of carbonyl (C=O) groups excluding carboxylic acids is 2. The lowest BCUT2D eigenvalue weighted by atomic mass is 9.98. The van der Waals surface area contributed by atoms with E-state index in [9.17, 15) is 14.4 Å². The lowest BCUT2D eigenvalue weighted by Crippen LogP contribution is -2.47. The van der Waals surface area contributed by atoms with Crippen LogP contribution in [0.3, 0.4) is 0 Å². The molecule has 1 unspecified atom stereocenters. The van der Waals surface area contributed by atoms with Gasteiger partial charge in [0, 0.05) is 30.5 Å². The van der Waals surface area contributed by atoms with E-state index < -0.39 is 18.1 Å². The minimum atomic E-state index is -1.04. The normalized spacial score (nSPS) is 13.0. The van der Waals surface area contributed by atoms with Gasteiger partial charge in [-0.25, -0.2) is 4.79 Å². The molecule has 1 aliphatic rings. The van der Waals surface area contributed by atoms with E-state index in [0.717, 1.165) is 27.1 Å². The number of fused-ring (bicyclic) bond motifs is 3. The van der Waals surface area contributed by atoms with Gasteiger partial charge in [0.05, 0.1) is 12.1 Å². The molecule has 0 saturated carbocycles. The van der Waals surface area contributed by atoms with Crippen molar-refractivity contribution in [2.75, 3.05) is 13.7 Å². The number of carboxylic acids is 1. The SMILES string of the molecule is CN(Cc1cncs1)C(=O)C(CCC(=O)O)NC(=O)OCC1c2ccccc2-c2ccccc21. The fraction of sp³-hybridized carbons (Fsp3) is 0.280. The maximum Gasteiger partial charge on any atom is 0.407 e. The molecule has 4 rings (SSSR count). The fourth-order valence-electron chi connectivity index (χ4n) is 4.21. The minimum Gasteiger partial charge on any atom is -0.481 e. The van der Waals surface area contributed by atoms with Gasteiger partial charge < -0.3 is 20.1 Å². The molecule has 1 aromatic heterocycles. The molecule has 176 valence electrons. The molecule has 9 heteroatoms. The number of hydrogen-bond donors (Lipinski definition) is 2. The molecule has 3 aromatic rings. The molecule has 0 spiro atoms. The average molecular weight is 480 g/mol. The molecule has 2 aromatic carbocycles. The van der Waals surface area contributed by atoms with Crippen LogP contribution in [0.25, 0.3) is 11.1 Å². The second kappa shape index (κ2) is 10.5. The first-order valence-corrected chi connectivity index (χ1v) is 11.8. The molecular formula is C25H25N3O5S. The number of aliphatic carboxylic acids is 1. The third-order valence-corrected chi connectivity index (χ3v) is 6.60. The number of aromatic nitrogens is 1. The molecule has 34 heavy (non-hydrogen) atoms. The van der Waals surface area contributed by atoms with Crippen LogP contribution in [0.15, 0.2) is 60.2 Å². The van der Waals surface area contributed by atoms with Crippen LogP contribution in [-0.2, 0) is 20.9 Å². The van der Waals surface area contributed by atoms with E-state index in [1.165, 1.54) is 16.2 Å². The Hall–Kier alpha value is -3.72. The zero-order chi connectivity index (χ0) is 24.1. The fourth-order valence-corrected chi connectivity index (χ4v) is 4.85. The van der Waals surface area contributed by atoms with Crippen molar-refractivity contribution < 1.29 is 24.2 Å². The first kappa shape index (κ1) is 23.4. The highest BCUT2D eigenvalue weighted by Gasteiger charge is 2.30. The van der Waals surface area contributed by atoms with Gasteiger partial charge in [0.1, 0.15) is 12.6 Å². The van der Waals surface area contributed by atoms with Gasteiger partial charge in [0.25, 0.3) is 0 Å². The molecule has 8 nitrogen and oxygen atoms in total. The quantitative estimate of drug-likeness (QED) is 0.482. The highest BCUT2D eigenvalue weighted by atomic mass is 32.1. The highest BCUT2D eigenvalue weighted by Crippen LogP contribution is 2.44. The van der Waals surface area contributed by atoms with Gasteiger partial charge in [-0.05, 0) is 28.7 Å². The number of amides is 2. The Morgan fingerprint density at radius 3 is 2.35 bits per heavy atom. The van der Waals surface area contributed by atoms with Crippen LogP contribution in [0.5, 0.6) is 0 Å². The smallest absolute Gasteiger partial charge is 0.407 e. The van der Waals surface area contributed by atoms with E-state index >= 15 is 0 Å². The lowest BCUT2D eigenvalue weighted by molar-refractivity contribution is -0.137. The molecule has 2 N–H and O–H groups in total. The number of benzene rings is 2. The summed E-state index contributed by atoms with van der Waals surface area (Å²) in [6, 6.07) is 15.0. The number of ether oxygens (including phenoxy) is 1. The number of likely N-dealkylation sites (N-methyl/N-ethyl adjacent to an activating group) is 1. The summed E-state index contributed by atoms with van der Waals surface area (Å²) >= 11 is 1.41. The third kappa shape index (κ3) is 5.26. The van der Waals surface area contributed by atoms with Gasteiger partial charge in [0.15, 0.2) is 0 Å². The van der Waals surface area contributed by atoms with E-state index in [1.54, 1.807) is 18.8 Å². The van der Waals surface area contributed by atoms with Gasteiger partial charge in [-0.15, -0.1) is 11.3 Å². The number of rotatable bonds is 9. The second-order valence-corrected chi connectivity index (χ2v) is 9.09. The largest absolute Gasteiger partial charge is 0.481 e. The zero-order valence-electron chi connectivity index (χ0n) is 18.6. The van der Waals surface area contributed by atoms with E-state index in [1.807, 2.05) is 48.5 Å². The van der Waals surface area contributed by atoms with E-state index in [0.29, 0.717) is 6.54 Å². The Morgan fingerprint density at radius 1 is 1.12 bits per heavy atom. The molecule has 1 heterocycles. The number of nitrogens with zero attached hydrogens (tertiary/aromatic N) is 2.